The molecule has 16 heavy (non-hydrogen) atoms. The summed E-state index contributed by atoms with van der Waals surface area (Å²) < 4.78 is 1.09. The second kappa shape index (κ2) is 4.35. The van der Waals surface area contributed by atoms with Gasteiger partial charge in [0.05, 0.1) is 0 Å². The minimum atomic E-state index is 0.142. The zero-order valence-electron chi connectivity index (χ0n) is 9.66. The van der Waals surface area contributed by atoms with Crippen molar-refractivity contribution in [3.8, 4) is 0 Å². The van der Waals surface area contributed by atoms with Crippen LogP contribution in [0.15, 0.2) is 24.3 Å². The standard InChI is InChI=1S/C13H16INO/c1-10(16)15-8-7-13(2,9-14)11-5-3-4-6-12(11)15/h3-6H,7-9H2,1-2H3. The van der Waals surface area contributed by atoms with Crippen molar-refractivity contribution in [3.05, 3.63) is 29.8 Å². The molecule has 2 nitrogen and oxygen atoms in total. The molecule has 0 aliphatic carbocycles. The van der Waals surface area contributed by atoms with Gasteiger partial charge in [-0.2, -0.15) is 0 Å². The summed E-state index contributed by atoms with van der Waals surface area (Å²) in [6.07, 6.45) is 1.05. The number of anilines is 1. The highest BCUT2D eigenvalue weighted by Gasteiger charge is 2.34. The summed E-state index contributed by atoms with van der Waals surface area (Å²) in [4.78, 5) is 13.5. The molecule has 0 N–H and O–H groups in total. The lowest BCUT2D eigenvalue weighted by Crippen LogP contribution is -2.41. The number of carbonyl (C=O) groups excluding carboxylic acids is 1. The van der Waals surface area contributed by atoms with Gasteiger partial charge in [0.1, 0.15) is 0 Å². The van der Waals surface area contributed by atoms with Crippen LogP contribution >= 0.6 is 22.6 Å². The van der Waals surface area contributed by atoms with Crippen molar-refractivity contribution < 1.29 is 4.79 Å². The van der Waals surface area contributed by atoms with E-state index in [1.54, 1.807) is 6.92 Å². The molecular formula is C13H16INO. The lowest BCUT2D eigenvalue weighted by molar-refractivity contribution is -0.116. The monoisotopic (exact) mass is 329 g/mol. The Kier molecular flexibility index (Phi) is 3.24. The molecule has 3 heteroatoms. The molecular weight excluding hydrogens is 313 g/mol. The Balaban J connectivity index is 2.52. The Morgan fingerprint density at radius 2 is 2.19 bits per heavy atom. The van der Waals surface area contributed by atoms with Gasteiger partial charge in [-0.05, 0) is 18.1 Å². The quantitative estimate of drug-likeness (QED) is 0.573. The van der Waals surface area contributed by atoms with Crippen LogP contribution in [0.4, 0.5) is 5.69 Å². The first-order valence-electron chi connectivity index (χ1n) is 5.52. The maximum absolute atomic E-state index is 11.6. The van der Waals surface area contributed by atoms with Crippen LogP contribution in [0, 0.1) is 0 Å². The molecule has 1 amide bonds. The Hall–Kier alpha value is -0.580. The predicted octanol–water partition coefficient (Wildman–Crippen LogP) is 3.14. The molecule has 86 valence electrons. The molecule has 1 aromatic rings. The van der Waals surface area contributed by atoms with Crippen molar-refractivity contribution in [2.24, 2.45) is 0 Å². The molecule has 0 fully saturated rings. The average molecular weight is 329 g/mol. The van der Waals surface area contributed by atoms with Crippen LogP contribution in [0.25, 0.3) is 0 Å². The minimum absolute atomic E-state index is 0.142. The maximum atomic E-state index is 11.6. The van der Waals surface area contributed by atoms with E-state index in [1.807, 2.05) is 11.0 Å². The largest absolute Gasteiger partial charge is 0.312 e. The van der Waals surface area contributed by atoms with Crippen LogP contribution in [0.3, 0.4) is 0 Å². The summed E-state index contributed by atoms with van der Waals surface area (Å²) in [5, 5.41) is 0. The molecule has 1 unspecified atom stereocenters. The topological polar surface area (TPSA) is 20.3 Å². The third kappa shape index (κ3) is 1.85. The number of carbonyl (C=O) groups is 1. The molecule has 0 saturated heterocycles. The maximum Gasteiger partial charge on any atom is 0.223 e. The third-order valence-corrected chi connectivity index (χ3v) is 5.09. The van der Waals surface area contributed by atoms with Gasteiger partial charge in [-0.1, -0.05) is 47.7 Å². The molecule has 0 aromatic heterocycles. The van der Waals surface area contributed by atoms with Gasteiger partial charge in [0.15, 0.2) is 0 Å². The molecule has 0 radical (unpaired) electrons. The fourth-order valence-corrected chi connectivity index (χ4v) is 3.09. The molecule has 0 saturated carbocycles. The number of nitrogens with zero attached hydrogens (tertiary/aromatic N) is 1. The van der Waals surface area contributed by atoms with Crippen molar-refractivity contribution in [3.63, 3.8) is 0 Å². The highest BCUT2D eigenvalue weighted by Crippen LogP contribution is 2.40. The van der Waals surface area contributed by atoms with E-state index in [0.717, 1.165) is 23.1 Å². The van der Waals surface area contributed by atoms with Crippen molar-refractivity contribution in [1.29, 1.82) is 0 Å². The molecule has 2 rings (SSSR count). The van der Waals surface area contributed by atoms with E-state index >= 15 is 0 Å². The zero-order valence-corrected chi connectivity index (χ0v) is 11.8. The van der Waals surface area contributed by atoms with E-state index < -0.39 is 0 Å². The summed E-state index contributed by atoms with van der Waals surface area (Å²) in [6, 6.07) is 8.28. The molecule has 0 bridgehead atoms. The van der Waals surface area contributed by atoms with E-state index in [-0.39, 0.29) is 11.3 Å². The van der Waals surface area contributed by atoms with Gasteiger partial charge in [-0.3, -0.25) is 4.79 Å². The lowest BCUT2D eigenvalue weighted by Gasteiger charge is -2.40. The third-order valence-electron chi connectivity index (χ3n) is 3.41. The van der Waals surface area contributed by atoms with Gasteiger partial charge in [-0.25, -0.2) is 0 Å². The molecule has 1 atom stereocenters. The van der Waals surface area contributed by atoms with E-state index in [9.17, 15) is 4.79 Å². The Morgan fingerprint density at radius 3 is 2.81 bits per heavy atom. The number of hydrogen-bond donors (Lipinski definition) is 0. The van der Waals surface area contributed by atoms with Crippen LogP contribution in [-0.2, 0) is 10.2 Å². The van der Waals surface area contributed by atoms with Gasteiger partial charge < -0.3 is 4.90 Å². The van der Waals surface area contributed by atoms with Crippen LogP contribution < -0.4 is 4.90 Å². The first-order chi connectivity index (χ1) is 7.58. The van der Waals surface area contributed by atoms with Crippen LogP contribution in [-0.4, -0.2) is 16.9 Å². The van der Waals surface area contributed by atoms with E-state index in [4.69, 9.17) is 0 Å². The lowest BCUT2D eigenvalue weighted by atomic mass is 9.77. The minimum Gasteiger partial charge on any atom is -0.312 e. The Bertz CT molecular complexity index is 418. The zero-order chi connectivity index (χ0) is 11.8. The van der Waals surface area contributed by atoms with Gasteiger partial charge >= 0.3 is 0 Å². The number of benzene rings is 1. The second-order valence-corrected chi connectivity index (χ2v) is 5.39. The predicted molar refractivity (Wildman–Crippen MR) is 75.3 cm³/mol. The number of rotatable bonds is 1. The number of amides is 1. The number of halogens is 1. The van der Waals surface area contributed by atoms with Crippen molar-refractivity contribution in [1.82, 2.24) is 0 Å². The van der Waals surface area contributed by atoms with E-state index in [0.29, 0.717) is 0 Å². The normalized spacial score (nSPS) is 24.1. The molecule has 1 aliphatic rings. The first kappa shape index (κ1) is 11.9. The smallest absolute Gasteiger partial charge is 0.223 e. The van der Waals surface area contributed by atoms with Crippen LogP contribution in [0.2, 0.25) is 0 Å². The van der Waals surface area contributed by atoms with E-state index in [1.165, 1.54) is 5.56 Å². The van der Waals surface area contributed by atoms with Crippen LogP contribution in [0.5, 0.6) is 0 Å². The Labute approximate surface area is 110 Å². The fraction of sp³-hybridized carbons (Fsp3) is 0.462. The van der Waals surface area contributed by atoms with Crippen molar-refractivity contribution in [2.75, 3.05) is 15.9 Å². The van der Waals surface area contributed by atoms with Gasteiger partial charge in [-0.15, -0.1) is 0 Å². The SMILES string of the molecule is CC(=O)N1CCC(C)(CI)c2ccccc21. The fourth-order valence-electron chi connectivity index (χ4n) is 2.30. The van der Waals surface area contributed by atoms with Crippen LogP contribution in [0.1, 0.15) is 25.8 Å². The van der Waals surface area contributed by atoms with Crippen molar-refractivity contribution >= 4 is 34.2 Å². The number of para-hydroxylation sites is 1. The molecule has 1 heterocycles. The number of hydrogen-bond acceptors (Lipinski definition) is 1. The van der Waals surface area contributed by atoms with Gasteiger partial charge in [0.2, 0.25) is 5.91 Å². The summed E-state index contributed by atoms with van der Waals surface area (Å²) in [7, 11) is 0. The average Bonchev–Trinajstić information content (AvgIpc) is 2.29. The second-order valence-electron chi connectivity index (χ2n) is 4.63. The summed E-state index contributed by atoms with van der Waals surface area (Å²) in [6.45, 7) is 4.77. The first-order valence-corrected chi connectivity index (χ1v) is 7.04. The Morgan fingerprint density at radius 1 is 1.50 bits per heavy atom. The number of alkyl halides is 1. The highest BCUT2D eigenvalue weighted by atomic mass is 127. The van der Waals surface area contributed by atoms with Gasteiger partial charge in [0, 0.05) is 29.0 Å². The van der Waals surface area contributed by atoms with E-state index in [2.05, 4.69) is 47.7 Å². The molecule has 0 spiro atoms. The molecule has 1 aliphatic heterocycles. The van der Waals surface area contributed by atoms with Gasteiger partial charge in [0.25, 0.3) is 0 Å². The summed E-state index contributed by atoms with van der Waals surface area (Å²) >= 11 is 2.44. The summed E-state index contributed by atoms with van der Waals surface area (Å²) in [5.74, 6) is 0.142. The number of fused-ring (bicyclic) bond motifs is 1. The summed E-state index contributed by atoms with van der Waals surface area (Å²) in [5.41, 5.74) is 2.62. The van der Waals surface area contributed by atoms with Crippen molar-refractivity contribution in [2.45, 2.75) is 25.7 Å². The highest BCUT2D eigenvalue weighted by molar-refractivity contribution is 14.1. The molecule has 1 aromatic carbocycles.